The van der Waals surface area contributed by atoms with E-state index in [1.54, 1.807) is 0 Å². The summed E-state index contributed by atoms with van der Waals surface area (Å²) >= 11 is 5.96. The molecule has 3 N–H and O–H groups in total. The summed E-state index contributed by atoms with van der Waals surface area (Å²) in [6, 6.07) is -0.308. The van der Waals surface area contributed by atoms with E-state index in [0.29, 0.717) is 5.92 Å². The van der Waals surface area contributed by atoms with Crippen molar-refractivity contribution in [2.45, 2.75) is 39.0 Å². The minimum atomic E-state index is -0.308. The van der Waals surface area contributed by atoms with E-state index >= 15 is 0 Å². The van der Waals surface area contributed by atoms with E-state index < -0.39 is 0 Å². The molecule has 0 aromatic rings. The summed E-state index contributed by atoms with van der Waals surface area (Å²) < 4.78 is 11.2. The van der Waals surface area contributed by atoms with Gasteiger partial charge < -0.3 is 20.3 Å². The number of hydrogen-bond donors (Lipinski definition) is 3. The third-order valence-electron chi connectivity index (χ3n) is 3.03. The Morgan fingerprint density at radius 1 is 1.21 bits per heavy atom. The molecule has 6 heteroatoms. The average molecular weight is 312 g/mol. The lowest BCUT2D eigenvalue weighted by Crippen LogP contribution is -2.40. The summed E-state index contributed by atoms with van der Waals surface area (Å²) in [5, 5.41) is 8.97. The van der Waals surface area contributed by atoms with Crippen molar-refractivity contribution >= 4 is 24.4 Å². The molecule has 0 saturated heterocycles. The first kappa shape index (κ1) is 19.5. The van der Waals surface area contributed by atoms with Crippen molar-refractivity contribution in [3.63, 3.8) is 0 Å². The zero-order chi connectivity index (χ0) is 14.7. The van der Waals surface area contributed by atoms with Gasteiger partial charge in [-0.15, -0.1) is 0 Å². The van der Waals surface area contributed by atoms with Gasteiger partial charge in [0.1, 0.15) is 0 Å². The van der Waals surface area contributed by atoms with E-state index in [-0.39, 0.29) is 24.9 Å². The third kappa shape index (κ3) is 9.98. The quantitative estimate of drug-likeness (QED) is 0.376. The Morgan fingerprint density at radius 3 is 2.47 bits per heavy atom. The fourth-order valence-electron chi connectivity index (χ4n) is 1.41. The highest BCUT2D eigenvalue weighted by Gasteiger charge is 2.19. The van der Waals surface area contributed by atoms with Crippen LogP contribution in [0, 0.1) is 5.92 Å². The van der Waals surface area contributed by atoms with Gasteiger partial charge in [0.2, 0.25) is 0 Å². The lowest BCUT2D eigenvalue weighted by molar-refractivity contribution is -0.0339. The van der Waals surface area contributed by atoms with Crippen molar-refractivity contribution in [3.05, 3.63) is 0 Å². The van der Waals surface area contributed by atoms with E-state index in [9.17, 15) is 0 Å². The lowest BCUT2D eigenvalue weighted by Gasteiger charge is -2.26. The molecule has 4 atom stereocenters. The Kier molecular flexibility index (Phi) is 12.6. The predicted octanol–water partition coefficient (Wildman–Crippen LogP) is 1.42. The zero-order valence-corrected chi connectivity index (χ0v) is 14.0. The van der Waals surface area contributed by atoms with Crippen LogP contribution in [0.5, 0.6) is 0 Å². The third-order valence-corrected chi connectivity index (χ3v) is 4.43. The first-order valence-corrected chi connectivity index (χ1v) is 8.59. The maximum absolute atomic E-state index is 8.97. The summed E-state index contributed by atoms with van der Waals surface area (Å²) in [5.74, 6) is 3.25. The van der Waals surface area contributed by atoms with Crippen LogP contribution in [-0.2, 0) is 9.47 Å². The molecule has 0 heterocycles. The van der Waals surface area contributed by atoms with Crippen LogP contribution in [-0.4, -0.2) is 60.4 Å². The zero-order valence-electron chi connectivity index (χ0n) is 12.2. The van der Waals surface area contributed by atoms with Crippen LogP contribution in [0.25, 0.3) is 0 Å². The molecule has 0 aromatic carbocycles. The Bertz CT molecular complexity index is 210. The highest BCUT2D eigenvalue weighted by atomic mass is 32.2. The number of nitrogens with two attached hydrogens (primary N) is 1. The number of rotatable bonds is 12. The van der Waals surface area contributed by atoms with Gasteiger partial charge in [0, 0.05) is 11.5 Å². The maximum Gasteiger partial charge on any atom is 0.0724 e. The average Bonchev–Trinajstić information content (AvgIpc) is 2.41. The van der Waals surface area contributed by atoms with Gasteiger partial charge in [-0.3, -0.25) is 0 Å². The SMILES string of the molecule is CC(CSCCOCCS)C(C)OC(C)C(N)CO. The fraction of sp³-hybridized carbons (Fsp3) is 1.00. The summed E-state index contributed by atoms with van der Waals surface area (Å²) in [6.45, 7) is 7.59. The fourth-order valence-corrected chi connectivity index (χ4v) is 2.59. The lowest BCUT2D eigenvalue weighted by atomic mass is 10.1. The van der Waals surface area contributed by atoms with E-state index in [4.69, 9.17) is 20.3 Å². The molecular weight excluding hydrogens is 282 g/mol. The monoisotopic (exact) mass is 311 g/mol. The van der Waals surface area contributed by atoms with Crippen LogP contribution in [0.2, 0.25) is 0 Å². The minimum absolute atomic E-state index is 0.0422. The molecule has 0 radical (unpaired) electrons. The topological polar surface area (TPSA) is 64.7 Å². The minimum Gasteiger partial charge on any atom is -0.395 e. The number of thiol groups is 1. The second-order valence-electron chi connectivity index (χ2n) is 4.78. The highest BCUT2D eigenvalue weighted by molar-refractivity contribution is 7.99. The molecule has 0 saturated carbocycles. The predicted molar refractivity (Wildman–Crippen MR) is 86.2 cm³/mol. The molecule has 0 amide bonds. The van der Waals surface area contributed by atoms with Crippen LogP contribution in [0.4, 0.5) is 0 Å². The molecule has 116 valence electrons. The van der Waals surface area contributed by atoms with Gasteiger partial charge in [0.25, 0.3) is 0 Å². The Morgan fingerprint density at radius 2 is 1.89 bits per heavy atom. The van der Waals surface area contributed by atoms with Gasteiger partial charge in [-0.1, -0.05) is 6.92 Å². The molecular formula is C13H29NO3S2. The van der Waals surface area contributed by atoms with Gasteiger partial charge in [-0.05, 0) is 25.5 Å². The van der Waals surface area contributed by atoms with Crippen molar-refractivity contribution in [2.24, 2.45) is 11.7 Å². The Hall–Kier alpha value is 0.540. The second-order valence-corrected chi connectivity index (χ2v) is 6.38. The molecule has 0 aliphatic rings. The smallest absolute Gasteiger partial charge is 0.0724 e. The van der Waals surface area contributed by atoms with Crippen LogP contribution < -0.4 is 5.73 Å². The first-order valence-electron chi connectivity index (χ1n) is 6.81. The number of aliphatic hydroxyl groups excluding tert-OH is 1. The summed E-state index contributed by atoms with van der Waals surface area (Å²) in [4.78, 5) is 0. The molecule has 0 aromatic heterocycles. The van der Waals surface area contributed by atoms with Gasteiger partial charge in [0.15, 0.2) is 0 Å². The number of aliphatic hydroxyl groups is 1. The van der Waals surface area contributed by atoms with E-state index in [1.807, 2.05) is 18.7 Å². The van der Waals surface area contributed by atoms with Crippen molar-refractivity contribution in [3.8, 4) is 0 Å². The number of thioether (sulfide) groups is 1. The van der Waals surface area contributed by atoms with Crippen molar-refractivity contribution in [1.29, 1.82) is 0 Å². The first-order chi connectivity index (χ1) is 9.02. The Balaban J connectivity index is 3.66. The van der Waals surface area contributed by atoms with E-state index in [1.165, 1.54) is 0 Å². The van der Waals surface area contributed by atoms with Crippen molar-refractivity contribution in [2.75, 3.05) is 37.1 Å². The van der Waals surface area contributed by atoms with Gasteiger partial charge in [0.05, 0.1) is 38.1 Å². The van der Waals surface area contributed by atoms with Crippen LogP contribution in [0.15, 0.2) is 0 Å². The summed E-state index contributed by atoms with van der Waals surface area (Å²) in [6.07, 6.45) is 0.0182. The summed E-state index contributed by atoms with van der Waals surface area (Å²) in [5.41, 5.74) is 5.73. The molecule has 0 aliphatic carbocycles. The van der Waals surface area contributed by atoms with Crippen molar-refractivity contribution in [1.82, 2.24) is 0 Å². The molecule has 0 bridgehead atoms. The van der Waals surface area contributed by atoms with E-state index in [0.717, 1.165) is 30.5 Å². The molecule has 0 spiro atoms. The Labute approximate surface area is 127 Å². The molecule has 0 aliphatic heterocycles. The molecule has 4 nitrogen and oxygen atoms in total. The van der Waals surface area contributed by atoms with Crippen LogP contribution in [0.3, 0.4) is 0 Å². The van der Waals surface area contributed by atoms with E-state index in [2.05, 4.69) is 26.5 Å². The second kappa shape index (κ2) is 12.3. The van der Waals surface area contributed by atoms with Crippen molar-refractivity contribution < 1.29 is 14.6 Å². The number of hydrogen-bond acceptors (Lipinski definition) is 6. The maximum atomic E-state index is 8.97. The van der Waals surface area contributed by atoms with Gasteiger partial charge in [-0.25, -0.2) is 0 Å². The van der Waals surface area contributed by atoms with Crippen LogP contribution in [0.1, 0.15) is 20.8 Å². The molecule has 0 rings (SSSR count). The molecule has 0 fully saturated rings. The van der Waals surface area contributed by atoms with Crippen LogP contribution >= 0.6 is 24.4 Å². The molecule has 19 heavy (non-hydrogen) atoms. The number of ether oxygens (including phenoxy) is 2. The largest absolute Gasteiger partial charge is 0.395 e. The molecule has 4 unspecified atom stereocenters. The summed E-state index contributed by atoms with van der Waals surface area (Å²) in [7, 11) is 0. The standard InChI is InChI=1S/C13H29NO3S2/c1-10(9-19-7-5-16-4-6-18)11(2)17-12(3)13(14)8-15/h10-13,15,18H,4-9,14H2,1-3H3. The van der Waals surface area contributed by atoms with Gasteiger partial charge in [-0.2, -0.15) is 24.4 Å². The normalized spacial score (nSPS) is 18.0. The highest BCUT2D eigenvalue weighted by Crippen LogP contribution is 2.16. The van der Waals surface area contributed by atoms with Gasteiger partial charge >= 0.3 is 0 Å².